The van der Waals surface area contributed by atoms with Gasteiger partial charge in [0.05, 0.1) is 12.2 Å². The summed E-state index contributed by atoms with van der Waals surface area (Å²) in [5.41, 5.74) is 5.65. The summed E-state index contributed by atoms with van der Waals surface area (Å²) in [7, 11) is 0. The zero-order chi connectivity index (χ0) is 19.5. The summed E-state index contributed by atoms with van der Waals surface area (Å²) in [4.78, 5) is 26.0. The topological polar surface area (TPSA) is 78.1 Å². The lowest BCUT2D eigenvalue weighted by molar-refractivity contribution is -0.117. The maximum absolute atomic E-state index is 12.6. The fourth-order valence-corrected chi connectivity index (χ4v) is 3.50. The Morgan fingerprint density at radius 3 is 2.75 bits per heavy atom. The monoisotopic (exact) mass is 374 g/mol. The number of fused-ring (bicyclic) bond motifs is 1. The number of nitrogens with zero attached hydrogens (tertiary/aromatic N) is 2. The Bertz CT molecular complexity index is 1050. The molecule has 0 bridgehead atoms. The Balaban J connectivity index is 1.45. The van der Waals surface area contributed by atoms with Gasteiger partial charge in [0.25, 0.3) is 5.56 Å². The number of carbonyl (C=O) groups excluding carboxylic acids is 1. The van der Waals surface area contributed by atoms with Gasteiger partial charge in [-0.15, -0.1) is 0 Å². The van der Waals surface area contributed by atoms with Crippen LogP contribution in [0.25, 0.3) is 11.3 Å². The van der Waals surface area contributed by atoms with E-state index in [4.69, 9.17) is 0 Å². The van der Waals surface area contributed by atoms with Crippen molar-refractivity contribution in [3.05, 3.63) is 81.6 Å². The number of aromatic amines is 1. The summed E-state index contributed by atoms with van der Waals surface area (Å²) < 4.78 is 0. The molecule has 1 amide bonds. The van der Waals surface area contributed by atoms with E-state index in [2.05, 4.69) is 38.6 Å². The van der Waals surface area contributed by atoms with Gasteiger partial charge in [-0.3, -0.25) is 14.5 Å². The summed E-state index contributed by atoms with van der Waals surface area (Å²) in [5.74, 6) is -0.0333. The van der Waals surface area contributed by atoms with Crippen LogP contribution >= 0.6 is 0 Å². The molecule has 1 aromatic heterocycles. The van der Waals surface area contributed by atoms with Gasteiger partial charge in [0.15, 0.2) is 0 Å². The minimum atomic E-state index is -0.243. The lowest BCUT2D eigenvalue weighted by Crippen LogP contribution is -2.37. The Kier molecular flexibility index (Phi) is 5.04. The van der Waals surface area contributed by atoms with Crippen molar-refractivity contribution in [1.82, 2.24) is 15.1 Å². The molecular formula is C22H22N4O2. The maximum Gasteiger partial charge on any atom is 0.264 e. The van der Waals surface area contributed by atoms with E-state index in [-0.39, 0.29) is 11.5 Å². The first-order valence-corrected chi connectivity index (χ1v) is 9.34. The fourth-order valence-electron chi connectivity index (χ4n) is 3.50. The molecule has 6 heteroatoms. The van der Waals surface area contributed by atoms with Crippen molar-refractivity contribution in [2.45, 2.75) is 19.9 Å². The van der Waals surface area contributed by atoms with E-state index in [1.807, 2.05) is 31.2 Å². The number of amides is 1. The van der Waals surface area contributed by atoms with Crippen molar-refractivity contribution >= 4 is 11.6 Å². The molecule has 0 fully saturated rings. The van der Waals surface area contributed by atoms with E-state index in [9.17, 15) is 9.59 Å². The van der Waals surface area contributed by atoms with Crippen LogP contribution in [-0.2, 0) is 17.8 Å². The summed E-state index contributed by atoms with van der Waals surface area (Å²) in [5, 5.41) is 9.51. The number of nitrogens with one attached hydrogen (secondary N) is 2. The van der Waals surface area contributed by atoms with Gasteiger partial charge in [-0.25, -0.2) is 5.10 Å². The number of hydrogen-bond acceptors (Lipinski definition) is 4. The lowest BCUT2D eigenvalue weighted by atomic mass is 10.00. The quantitative estimate of drug-likeness (QED) is 0.736. The Morgan fingerprint density at radius 2 is 1.96 bits per heavy atom. The number of carbonyl (C=O) groups is 1. The number of aromatic nitrogens is 2. The highest BCUT2D eigenvalue weighted by molar-refractivity contribution is 5.93. The van der Waals surface area contributed by atoms with Crippen LogP contribution in [0.5, 0.6) is 0 Å². The van der Waals surface area contributed by atoms with E-state index in [1.54, 1.807) is 6.07 Å². The second-order valence-electron chi connectivity index (χ2n) is 7.11. The number of hydrogen-bond donors (Lipinski definition) is 2. The average molecular weight is 374 g/mol. The first-order valence-electron chi connectivity index (χ1n) is 9.34. The van der Waals surface area contributed by atoms with Gasteiger partial charge in [0.1, 0.15) is 0 Å². The number of rotatable bonds is 4. The second-order valence-corrected chi connectivity index (χ2v) is 7.11. The first-order chi connectivity index (χ1) is 13.6. The van der Waals surface area contributed by atoms with Gasteiger partial charge < -0.3 is 5.32 Å². The molecule has 4 rings (SSSR count). The van der Waals surface area contributed by atoms with E-state index in [1.165, 1.54) is 17.2 Å². The van der Waals surface area contributed by atoms with E-state index in [0.29, 0.717) is 12.2 Å². The summed E-state index contributed by atoms with van der Waals surface area (Å²) in [6.07, 6.45) is 0.968. The Labute approximate surface area is 163 Å². The highest BCUT2D eigenvalue weighted by Crippen LogP contribution is 2.24. The summed E-state index contributed by atoms with van der Waals surface area (Å²) in [6, 6.07) is 17.3. The standard InChI is InChI=1S/C22H22N4O2/c1-15-6-7-17(19-8-9-21(27)25-24-19)12-20(15)23-22(28)14-26-11-10-16-4-2-3-5-18(16)13-26/h2-9,12H,10-11,13-14H2,1H3,(H,23,28)(H,25,27). The molecule has 2 heterocycles. The highest BCUT2D eigenvalue weighted by Gasteiger charge is 2.18. The molecule has 6 nitrogen and oxygen atoms in total. The predicted molar refractivity (Wildman–Crippen MR) is 109 cm³/mol. The molecule has 2 N–H and O–H groups in total. The third-order valence-electron chi connectivity index (χ3n) is 5.06. The fraction of sp³-hybridized carbons (Fsp3) is 0.227. The molecule has 3 aromatic rings. The van der Waals surface area contributed by atoms with E-state index >= 15 is 0 Å². The van der Waals surface area contributed by atoms with Crippen molar-refractivity contribution in [3.63, 3.8) is 0 Å². The number of benzene rings is 2. The highest BCUT2D eigenvalue weighted by atomic mass is 16.2. The van der Waals surface area contributed by atoms with Crippen LogP contribution in [0.15, 0.2) is 59.4 Å². The smallest absolute Gasteiger partial charge is 0.264 e. The molecule has 142 valence electrons. The summed E-state index contributed by atoms with van der Waals surface area (Å²) in [6.45, 7) is 3.99. The molecule has 0 spiro atoms. The van der Waals surface area contributed by atoms with Crippen molar-refractivity contribution in [2.75, 3.05) is 18.4 Å². The van der Waals surface area contributed by atoms with Crippen molar-refractivity contribution in [2.24, 2.45) is 0 Å². The third kappa shape index (κ3) is 4.02. The largest absolute Gasteiger partial charge is 0.325 e. The first kappa shape index (κ1) is 18.1. The zero-order valence-corrected chi connectivity index (χ0v) is 15.7. The number of H-pyrrole nitrogens is 1. The molecule has 0 saturated carbocycles. The van der Waals surface area contributed by atoms with Gasteiger partial charge in [-0.1, -0.05) is 36.4 Å². The normalized spacial score (nSPS) is 13.8. The van der Waals surface area contributed by atoms with Crippen molar-refractivity contribution in [1.29, 1.82) is 0 Å². The third-order valence-corrected chi connectivity index (χ3v) is 5.06. The number of anilines is 1. The maximum atomic E-state index is 12.6. The van der Waals surface area contributed by atoms with Crippen molar-refractivity contribution < 1.29 is 4.79 Å². The van der Waals surface area contributed by atoms with Gasteiger partial charge in [0.2, 0.25) is 5.91 Å². The number of aryl methyl sites for hydroxylation is 1. The molecule has 0 aliphatic carbocycles. The van der Waals surface area contributed by atoms with Gasteiger partial charge in [0, 0.05) is 30.4 Å². The minimum absolute atomic E-state index is 0.0333. The Morgan fingerprint density at radius 1 is 1.14 bits per heavy atom. The Hall–Kier alpha value is -3.25. The molecule has 1 aliphatic heterocycles. The van der Waals surface area contributed by atoms with Crippen LogP contribution < -0.4 is 10.9 Å². The minimum Gasteiger partial charge on any atom is -0.325 e. The zero-order valence-electron chi connectivity index (χ0n) is 15.7. The van der Waals surface area contributed by atoms with Crippen LogP contribution in [0.1, 0.15) is 16.7 Å². The van der Waals surface area contributed by atoms with Crippen LogP contribution in [0.3, 0.4) is 0 Å². The molecule has 0 radical (unpaired) electrons. The van der Waals surface area contributed by atoms with E-state index < -0.39 is 0 Å². The summed E-state index contributed by atoms with van der Waals surface area (Å²) >= 11 is 0. The van der Waals surface area contributed by atoms with E-state index in [0.717, 1.165) is 36.3 Å². The molecule has 0 saturated heterocycles. The van der Waals surface area contributed by atoms with Crippen LogP contribution in [0.4, 0.5) is 5.69 Å². The molecular weight excluding hydrogens is 352 g/mol. The molecule has 2 aromatic carbocycles. The molecule has 0 atom stereocenters. The van der Waals surface area contributed by atoms with Gasteiger partial charge in [-0.2, -0.15) is 5.10 Å². The van der Waals surface area contributed by atoms with Crippen molar-refractivity contribution in [3.8, 4) is 11.3 Å². The molecule has 1 aliphatic rings. The van der Waals surface area contributed by atoms with Gasteiger partial charge >= 0.3 is 0 Å². The van der Waals surface area contributed by atoms with Crippen LogP contribution in [-0.4, -0.2) is 34.1 Å². The van der Waals surface area contributed by atoms with Crippen LogP contribution in [0.2, 0.25) is 0 Å². The lowest BCUT2D eigenvalue weighted by Gasteiger charge is -2.28. The second kappa shape index (κ2) is 7.78. The van der Waals surface area contributed by atoms with Gasteiger partial charge in [-0.05, 0) is 42.2 Å². The SMILES string of the molecule is Cc1ccc(-c2ccc(=O)[nH]n2)cc1NC(=O)CN1CCc2ccccc2C1. The average Bonchev–Trinajstić information content (AvgIpc) is 2.70. The molecule has 0 unspecified atom stereocenters. The predicted octanol–water partition coefficient (Wildman–Crippen LogP) is 2.74. The van der Waals surface area contributed by atoms with Crippen LogP contribution in [0, 0.1) is 6.92 Å². The molecule has 28 heavy (non-hydrogen) atoms.